The molecule has 1 aliphatic rings. The maximum absolute atomic E-state index is 10.6. The zero-order chi connectivity index (χ0) is 8.43. The van der Waals surface area contributed by atoms with E-state index in [1.807, 2.05) is 0 Å². The van der Waals surface area contributed by atoms with Crippen molar-refractivity contribution in [1.29, 1.82) is 0 Å². The molecule has 11 heavy (non-hydrogen) atoms. The molecule has 1 heterocycles. The zero-order valence-electron chi connectivity index (χ0n) is 5.30. The number of carbonyl (C=O) groups excluding carboxylic acids is 2. The summed E-state index contributed by atoms with van der Waals surface area (Å²) < 4.78 is 0. The number of hydrogen-bond donors (Lipinski definition) is 1. The highest BCUT2D eigenvalue weighted by Crippen LogP contribution is 2.01. The Balaban J connectivity index is 2.74. The van der Waals surface area contributed by atoms with E-state index in [4.69, 9.17) is 5.73 Å². The minimum absolute atomic E-state index is 0.924. The van der Waals surface area contributed by atoms with E-state index < -0.39 is 24.1 Å². The van der Waals surface area contributed by atoms with Crippen LogP contribution in [0.1, 0.15) is 0 Å². The molecule has 2 unspecified atom stereocenters. The molecular weight excluding hydrogens is 152 g/mol. The van der Waals surface area contributed by atoms with Gasteiger partial charge in [0.2, 0.25) is 6.04 Å². The van der Waals surface area contributed by atoms with Gasteiger partial charge in [0.05, 0.1) is 0 Å². The van der Waals surface area contributed by atoms with Gasteiger partial charge in [-0.15, -0.1) is 4.91 Å². The van der Waals surface area contributed by atoms with Crippen LogP contribution in [0.4, 0.5) is 4.79 Å². The van der Waals surface area contributed by atoms with E-state index in [2.05, 4.69) is 15.8 Å². The molecule has 0 aromatic heterocycles. The van der Waals surface area contributed by atoms with E-state index >= 15 is 0 Å². The number of carbonyl (C=O) groups is 2. The Morgan fingerprint density at radius 1 is 1.45 bits per heavy atom. The average molecular weight is 156 g/mol. The highest BCUT2D eigenvalue weighted by molar-refractivity contribution is 5.99. The average Bonchev–Trinajstić information content (AvgIpc) is 1.85. The Morgan fingerprint density at radius 2 is 2.09 bits per heavy atom. The number of hydrogen-bond acceptors (Lipinski definition) is 5. The first-order chi connectivity index (χ1) is 5.15. The van der Waals surface area contributed by atoms with Crippen LogP contribution in [0.3, 0.4) is 0 Å². The third kappa shape index (κ3) is 1.32. The summed E-state index contributed by atoms with van der Waals surface area (Å²) in [7, 11) is 0. The summed E-state index contributed by atoms with van der Waals surface area (Å²) in [6.07, 6.45) is -1.18. The van der Waals surface area contributed by atoms with Crippen LogP contribution in [0.2, 0.25) is 0 Å². The van der Waals surface area contributed by atoms with Crippen molar-refractivity contribution in [1.82, 2.24) is 10.6 Å². The first-order valence-corrected chi connectivity index (χ1v) is 2.73. The molecule has 0 aliphatic carbocycles. The molecule has 0 spiro atoms. The normalized spacial score (nSPS) is 30.6. The Kier molecular flexibility index (Phi) is 1.81. The van der Waals surface area contributed by atoms with Gasteiger partial charge in [0.15, 0.2) is 0 Å². The summed E-state index contributed by atoms with van der Waals surface area (Å²) in [4.78, 5) is 30.9. The fourth-order valence-electron chi connectivity index (χ4n) is 0.641. The third-order valence-corrected chi connectivity index (χ3v) is 1.16. The summed E-state index contributed by atoms with van der Waals surface area (Å²) in [6.45, 7) is 0. The van der Waals surface area contributed by atoms with Crippen molar-refractivity contribution in [3.05, 3.63) is 4.91 Å². The minimum atomic E-state index is -1.34. The molecule has 2 radical (unpaired) electrons. The van der Waals surface area contributed by atoms with Crippen LogP contribution < -0.4 is 16.4 Å². The minimum Gasteiger partial charge on any atom is -0.307 e. The predicted octanol–water partition coefficient (Wildman–Crippen LogP) is -1.72. The zero-order valence-corrected chi connectivity index (χ0v) is 5.30. The van der Waals surface area contributed by atoms with Crippen LogP contribution in [0, 0.1) is 4.91 Å². The smallest absolute Gasteiger partial charge is 0.307 e. The topological polar surface area (TPSA) is 118 Å². The van der Waals surface area contributed by atoms with Gasteiger partial charge in [-0.2, -0.15) is 5.32 Å². The second-order valence-electron chi connectivity index (χ2n) is 1.90. The van der Waals surface area contributed by atoms with E-state index in [0.29, 0.717) is 0 Å². The quantitative estimate of drug-likeness (QED) is 0.454. The molecule has 2 N–H and O–H groups in total. The van der Waals surface area contributed by atoms with Crippen LogP contribution >= 0.6 is 0 Å². The van der Waals surface area contributed by atoms with E-state index in [1.54, 1.807) is 0 Å². The second kappa shape index (κ2) is 2.62. The second-order valence-corrected chi connectivity index (χ2v) is 1.90. The van der Waals surface area contributed by atoms with Gasteiger partial charge in [0.1, 0.15) is 6.17 Å². The van der Waals surface area contributed by atoms with Crippen molar-refractivity contribution in [3.8, 4) is 0 Å². The summed E-state index contributed by atoms with van der Waals surface area (Å²) in [5, 5.41) is 8.39. The number of nitroso groups, excluding NO2 is 1. The lowest BCUT2D eigenvalue weighted by molar-refractivity contribution is -0.122. The van der Waals surface area contributed by atoms with Gasteiger partial charge in [-0.25, -0.2) is 10.1 Å². The maximum atomic E-state index is 10.6. The van der Waals surface area contributed by atoms with Crippen LogP contribution in [0.15, 0.2) is 5.18 Å². The molecule has 7 nitrogen and oxygen atoms in total. The van der Waals surface area contributed by atoms with Gasteiger partial charge in [-0.1, -0.05) is 5.18 Å². The van der Waals surface area contributed by atoms with Crippen LogP contribution in [-0.4, -0.2) is 24.1 Å². The molecule has 0 saturated carbocycles. The van der Waals surface area contributed by atoms with Gasteiger partial charge >= 0.3 is 6.03 Å². The van der Waals surface area contributed by atoms with E-state index in [-0.39, 0.29) is 0 Å². The van der Waals surface area contributed by atoms with Gasteiger partial charge in [0, 0.05) is 0 Å². The number of amides is 3. The molecule has 1 aliphatic heterocycles. The summed E-state index contributed by atoms with van der Waals surface area (Å²) in [5.41, 5.74) is 5.11. The largest absolute Gasteiger partial charge is 0.367 e. The number of imide groups is 1. The monoisotopic (exact) mass is 156 g/mol. The predicted molar refractivity (Wildman–Crippen MR) is 32.2 cm³/mol. The van der Waals surface area contributed by atoms with Crippen molar-refractivity contribution < 1.29 is 9.59 Å². The van der Waals surface area contributed by atoms with E-state index in [1.165, 1.54) is 0 Å². The molecule has 2 atom stereocenters. The summed E-state index contributed by atoms with van der Waals surface area (Å²) in [6, 6.07) is -2.30. The Hall–Kier alpha value is -1.50. The highest BCUT2D eigenvalue weighted by atomic mass is 16.3. The van der Waals surface area contributed by atoms with E-state index in [9.17, 15) is 14.5 Å². The van der Waals surface area contributed by atoms with Crippen LogP contribution in [-0.2, 0) is 4.79 Å². The fraction of sp³-hybridized carbons (Fsp3) is 0.500. The van der Waals surface area contributed by atoms with Crippen molar-refractivity contribution in [3.63, 3.8) is 0 Å². The Labute approximate surface area is 61.3 Å². The number of nitrogens with two attached hydrogens (primary N) is 1. The number of urea groups is 1. The molecule has 1 fully saturated rings. The number of rotatable bonds is 1. The fourth-order valence-corrected chi connectivity index (χ4v) is 0.641. The van der Waals surface area contributed by atoms with Crippen molar-refractivity contribution in [2.24, 2.45) is 10.9 Å². The summed E-state index contributed by atoms with van der Waals surface area (Å²) in [5.74, 6) is -0.924. The number of nitrogens with zero attached hydrogens (tertiary/aromatic N) is 3. The molecule has 0 aromatic rings. The molecular formula is C4H4N4O3. The lowest BCUT2D eigenvalue weighted by Gasteiger charge is -2.18. The first-order valence-electron chi connectivity index (χ1n) is 2.73. The highest BCUT2D eigenvalue weighted by Gasteiger charge is 2.37. The molecule has 7 heteroatoms. The lowest BCUT2D eigenvalue weighted by Crippen LogP contribution is -2.57. The van der Waals surface area contributed by atoms with E-state index in [0.717, 1.165) is 0 Å². The van der Waals surface area contributed by atoms with Gasteiger partial charge in [-0.3, -0.25) is 4.79 Å². The van der Waals surface area contributed by atoms with Gasteiger partial charge in [0.25, 0.3) is 5.91 Å². The summed E-state index contributed by atoms with van der Waals surface area (Å²) >= 11 is 0. The van der Waals surface area contributed by atoms with Gasteiger partial charge < -0.3 is 5.73 Å². The molecule has 58 valence electrons. The van der Waals surface area contributed by atoms with Crippen molar-refractivity contribution in [2.75, 3.05) is 0 Å². The Bertz CT molecular complexity index is 215. The van der Waals surface area contributed by atoms with Crippen molar-refractivity contribution in [2.45, 2.75) is 12.2 Å². The molecule has 3 amide bonds. The standard InChI is InChI=1S/C4H4N4O3/c5-2-1(8-11)3(9)7-4(10)6-2/h1-2H,5H2. The molecule has 1 saturated heterocycles. The maximum Gasteiger partial charge on any atom is 0.367 e. The third-order valence-electron chi connectivity index (χ3n) is 1.16. The molecule has 0 aromatic carbocycles. The van der Waals surface area contributed by atoms with Crippen LogP contribution in [0.5, 0.6) is 0 Å². The Morgan fingerprint density at radius 3 is 2.55 bits per heavy atom. The lowest BCUT2D eigenvalue weighted by atomic mass is 10.2. The first kappa shape index (κ1) is 7.61. The van der Waals surface area contributed by atoms with Crippen molar-refractivity contribution >= 4 is 11.9 Å². The van der Waals surface area contributed by atoms with Gasteiger partial charge in [-0.05, 0) is 0 Å². The molecule has 1 rings (SSSR count). The SMILES string of the molecule is NC1[N]C(=O)[N]C(=O)C1N=O. The molecule has 0 bridgehead atoms. The van der Waals surface area contributed by atoms with Crippen LogP contribution in [0.25, 0.3) is 0 Å².